The summed E-state index contributed by atoms with van der Waals surface area (Å²) in [6, 6.07) is 9.38. The van der Waals surface area contributed by atoms with Crippen LogP contribution in [0.2, 0.25) is 0 Å². The fourth-order valence-electron chi connectivity index (χ4n) is 3.35. The van der Waals surface area contributed by atoms with Gasteiger partial charge in [-0.2, -0.15) is 0 Å². The van der Waals surface area contributed by atoms with Gasteiger partial charge in [0, 0.05) is 6.54 Å². The number of benzene rings is 1. The standard InChI is InChI=1S/C18H23NO4S/c1-13-5-3-6-14(2)16(13)10-19(9-15-7-4-8-23-15)17-11-24(21,22)12-18(17)20/h3-8,17-18,20H,9-12H2,1-2H3/t17-,18+/m0/s1. The first-order chi connectivity index (χ1) is 11.4. The third-order valence-corrected chi connectivity index (χ3v) is 6.41. The Labute approximate surface area is 142 Å². The van der Waals surface area contributed by atoms with Crippen LogP contribution in [0, 0.1) is 13.8 Å². The average molecular weight is 349 g/mol. The number of hydrogen-bond acceptors (Lipinski definition) is 5. The normalized spacial score (nSPS) is 23.0. The van der Waals surface area contributed by atoms with Crippen molar-refractivity contribution in [2.24, 2.45) is 0 Å². The number of nitrogens with zero attached hydrogens (tertiary/aromatic N) is 1. The highest BCUT2D eigenvalue weighted by molar-refractivity contribution is 7.91. The predicted octanol–water partition coefficient (Wildman–Crippen LogP) is 2.06. The maximum Gasteiger partial charge on any atom is 0.154 e. The number of aryl methyl sites for hydroxylation is 2. The molecule has 6 heteroatoms. The highest BCUT2D eigenvalue weighted by Crippen LogP contribution is 2.25. The zero-order chi connectivity index (χ0) is 17.3. The number of sulfone groups is 1. The van der Waals surface area contributed by atoms with Gasteiger partial charge in [0.1, 0.15) is 5.76 Å². The molecule has 0 spiro atoms. The quantitative estimate of drug-likeness (QED) is 0.895. The summed E-state index contributed by atoms with van der Waals surface area (Å²) in [4.78, 5) is 2.02. The Balaban J connectivity index is 1.90. The number of rotatable bonds is 5. The van der Waals surface area contributed by atoms with Crippen LogP contribution in [0.5, 0.6) is 0 Å². The van der Waals surface area contributed by atoms with Crippen LogP contribution in [0.3, 0.4) is 0 Å². The number of hydrogen-bond donors (Lipinski definition) is 1. The van der Waals surface area contributed by atoms with Gasteiger partial charge in [0.25, 0.3) is 0 Å². The summed E-state index contributed by atoms with van der Waals surface area (Å²) >= 11 is 0. The first-order valence-corrected chi connectivity index (χ1v) is 9.88. The van der Waals surface area contributed by atoms with Crippen molar-refractivity contribution in [3.05, 3.63) is 59.0 Å². The minimum Gasteiger partial charge on any atom is -0.468 e. The lowest BCUT2D eigenvalue weighted by molar-refractivity contribution is 0.0683. The molecule has 1 aliphatic heterocycles. The van der Waals surface area contributed by atoms with Gasteiger partial charge in [-0.1, -0.05) is 18.2 Å². The molecule has 5 nitrogen and oxygen atoms in total. The van der Waals surface area contributed by atoms with E-state index in [1.54, 1.807) is 6.26 Å². The van der Waals surface area contributed by atoms with Crippen LogP contribution in [0.15, 0.2) is 41.0 Å². The lowest BCUT2D eigenvalue weighted by Crippen LogP contribution is -2.42. The molecule has 2 aromatic rings. The lowest BCUT2D eigenvalue weighted by atomic mass is 10.0. The van der Waals surface area contributed by atoms with Crippen LogP contribution in [-0.4, -0.2) is 42.1 Å². The van der Waals surface area contributed by atoms with E-state index in [0.29, 0.717) is 13.1 Å². The van der Waals surface area contributed by atoms with E-state index in [2.05, 4.69) is 26.0 Å². The Kier molecular flexibility index (Phi) is 4.80. The summed E-state index contributed by atoms with van der Waals surface area (Å²) in [5, 5.41) is 10.3. The van der Waals surface area contributed by atoms with Crippen molar-refractivity contribution < 1.29 is 17.9 Å². The van der Waals surface area contributed by atoms with E-state index in [1.807, 2.05) is 23.1 Å². The molecule has 130 valence electrons. The number of aliphatic hydroxyl groups excluding tert-OH is 1. The topological polar surface area (TPSA) is 70.8 Å². The first-order valence-electron chi connectivity index (χ1n) is 8.06. The van der Waals surface area contributed by atoms with E-state index in [1.165, 1.54) is 5.56 Å². The summed E-state index contributed by atoms with van der Waals surface area (Å²) in [5.41, 5.74) is 3.49. The molecular weight excluding hydrogens is 326 g/mol. The van der Waals surface area contributed by atoms with Gasteiger partial charge in [-0.05, 0) is 42.7 Å². The minimum absolute atomic E-state index is 0.0141. The molecule has 1 aromatic carbocycles. The molecule has 2 atom stereocenters. The predicted molar refractivity (Wildman–Crippen MR) is 92.3 cm³/mol. The van der Waals surface area contributed by atoms with Crippen LogP contribution in [0.4, 0.5) is 0 Å². The summed E-state index contributed by atoms with van der Waals surface area (Å²) in [6.45, 7) is 5.15. The van der Waals surface area contributed by atoms with Crippen LogP contribution < -0.4 is 0 Å². The third kappa shape index (κ3) is 3.71. The molecule has 24 heavy (non-hydrogen) atoms. The molecule has 0 unspecified atom stereocenters. The fraction of sp³-hybridized carbons (Fsp3) is 0.444. The van der Waals surface area contributed by atoms with Crippen molar-refractivity contribution in [3.63, 3.8) is 0 Å². The molecule has 0 bridgehead atoms. The van der Waals surface area contributed by atoms with Crippen molar-refractivity contribution in [1.29, 1.82) is 0 Å². The van der Waals surface area contributed by atoms with Crippen molar-refractivity contribution >= 4 is 9.84 Å². The molecule has 1 fully saturated rings. The van der Waals surface area contributed by atoms with Gasteiger partial charge < -0.3 is 9.52 Å². The van der Waals surface area contributed by atoms with Crippen molar-refractivity contribution in [1.82, 2.24) is 4.90 Å². The van der Waals surface area contributed by atoms with Crippen LogP contribution in [-0.2, 0) is 22.9 Å². The summed E-state index contributed by atoms with van der Waals surface area (Å²) < 4.78 is 29.3. The zero-order valence-electron chi connectivity index (χ0n) is 14.0. The van der Waals surface area contributed by atoms with Crippen molar-refractivity contribution in [3.8, 4) is 0 Å². The smallest absolute Gasteiger partial charge is 0.154 e. The molecule has 1 saturated heterocycles. The Morgan fingerprint density at radius 3 is 2.38 bits per heavy atom. The largest absolute Gasteiger partial charge is 0.468 e. The van der Waals surface area contributed by atoms with Gasteiger partial charge in [-0.25, -0.2) is 8.42 Å². The van der Waals surface area contributed by atoms with Gasteiger partial charge in [0.2, 0.25) is 0 Å². The zero-order valence-corrected chi connectivity index (χ0v) is 14.8. The van der Waals surface area contributed by atoms with E-state index in [0.717, 1.165) is 16.9 Å². The average Bonchev–Trinajstić information content (AvgIpc) is 3.09. The second-order valence-corrected chi connectivity index (χ2v) is 8.72. The summed E-state index contributed by atoms with van der Waals surface area (Å²) in [6.07, 6.45) is 0.739. The van der Waals surface area contributed by atoms with Crippen molar-refractivity contribution in [2.45, 2.75) is 39.1 Å². The molecule has 3 rings (SSSR count). The van der Waals surface area contributed by atoms with E-state index in [4.69, 9.17) is 4.42 Å². The maximum absolute atomic E-state index is 11.9. The summed E-state index contributed by atoms with van der Waals surface area (Å²) in [5.74, 6) is 0.580. The molecule has 1 aromatic heterocycles. The molecule has 0 amide bonds. The van der Waals surface area contributed by atoms with Crippen molar-refractivity contribution in [2.75, 3.05) is 11.5 Å². The molecule has 0 saturated carbocycles. The third-order valence-electron chi connectivity index (χ3n) is 4.71. The molecule has 0 radical (unpaired) electrons. The first kappa shape index (κ1) is 17.2. The fourth-order valence-corrected chi connectivity index (χ4v) is 5.19. The molecule has 1 aliphatic rings. The minimum atomic E-state index is -3.20. The molecular formula is C18H23NO4S. The lowest BCUT2D eigenvalue weighted by Gasteiger charge is -2.30. The maximum atomic E-state index is 11.9. The SMILES string of the molecule is Cc1cccc(C)c1CN(Cc1ccco1)[C@H]1CS(=O)(=O)C[C@H]1O. The number of aliphatic hydroxyl groups is 1. The molecule has 1 N–H and O–H groups in total. The van der Waals surface area contributed by atoms with E-state index < -0.39 is 22.0 Å². The number of furan rings is 1. The van der Waals surface area contributed by atoms with Crippen LogP contribution in [0.1, 0.15) is 22.5 Å². The van der Waals surface area contributed by atoms with Gasteiger partial charge in [-0.3, -0.25) is 4.90 Å². The van der Waals surface area contributed by atoms with E-state index >= 15 is 0 Å². The van der Waals surface area contributed by atoms with Gasteiger partial charge in [0.15, 0.2) is 9.84 Å². The monoisotopic (exact) mass is 349 g/mol. The van der Waals surface area contributed by atoms with Gasteiger partial charge in [0.05, 0.1) is 36.5 Å². The van der Waals surface area contributed by atoms with Gasteiger partial charge >= 0.3 is 0 Å². The highest BCUT2D eigenvalue weighted by Gasteiger charge is 2.40. The van der Waals surface area contributed by atoms with E-state index in [-0.39, 0.29) is 11.5 Å². The summed E-state index contributed by atoms with van der Waals surface area (Å²) in [7, 11) is -3.20. The van der Waals surface area contributed by atoms with Crippen LogP contribution in [0.25, 0.3) is 0 Å². The molecule has 2 heterocycles. The Hall–Kier alpha value is -1.63. The Bertz CT molecular complexity index is 778. The Morgan fingerprint density at radius 2 is 1.83 bits per heavy atom. The second-order valence-electron chi connectivity index (χ2n) is 6.57. The van der Waals surface area contributed by atoms with Crippen LogP contribution >= 0.6 is 0 Å². The Morgan fingerprint density at radius 1 is 1.12 bits per heavy atom. The highest BCUT2D eigenvalue weighted by atomic mass is 32.2. The van der Waals surface area contributed by atoms with E-state index in [9.17, 15) is 13.5 Å². The second kappa shape index (κ2) is 6.70. The molecule has 0 aliphatic carbocycles. The van der Waals surface area contributed by atoms with Gasteiger partial charge in [-0.15, -0.1) is 0 Å².